The van der Waals surface area contributed by atoms with Crippen LogP contribution in [0.2, 0.25) is 0 Å². The first-order valence-corrected chi connectivity index (χ1v) is 12.7. The Labute approximate surface area is 159 Å². The van der Waals surface area contributed by atoms with Crippen LogP contribution in [0.3, 0.4) is 0 Å². The van der Waals surface area contributed by atoms with Crippen molar-refractivity contribution in [3.8, 4) is 0 Å². The third-order valence-electron chi connectivity index (χ3n) is 3.50. The predicted molar refractivity (Wildman–Crippen MR) is 115 cm³/mol. The molecule has 0 amide bonds. The van der Waals surface area contributed by atoms with Gasteiger partial charge >= 0.3 is 0 Å². The smallest absolute Gasteiger partial charge is 0.188 e. The molecule has 5 heteroatoms. The highest BCUT2D eigenvalue weighted by Crippen LogP contribution is 2.40. The van der Waals surface area contributed by atoms with E-state index in [0.717, 1.165) is 59.8 Å². The van der Waals surface area contributed by atoms with Crippen molar-refractivity contribution in [3.05, 3.63) is 19.6 Å². The third-order valence-corrected chi connectivity index (χ3v) is 8.10. The van der Waals surface area contributed by atoms with Crippen LogP contribution in [0.25, 0.3) is 0 Å². The van der Waals surface area contributed by atoms with Crippen molar-refractivity contribution in [2.75, 3.05) is 23.0 Å². The lowest BCUT2D eigenvalue weighted by atomic mass is 9.93. The van der Waals surface area contributed by atoms with Crippen molar-refractivity contribution in [1.29, 1.82) is 0 Å². The van der Waals surface area contributed by atoms with Gasteiger partial charge in [-0.15, -0.1) is 47.0 Å². The van der Waals surface area contributed by atoms with Gasteiger partial charge in [0, 0.05) is 19.6 Å². The Morgan fingerprint density at radius 2 is 1.04 bits per heavy atom. The van der Waals surface area contributed by atoms with Crippen LogP contribution in [0, 0.1) is 0 Å². The van der Waals surface area contributed by atoms with Crippen LogP contribution in [-0.4, -0.2) is 28.8 Å². The second kappa shape index (κ2) is 12.8. The number of hydrogen-bond donors (Lipinski definition) is 0. The second-order valence-corrected chi connectivity index (χ2v) is 10.8. The summed E-state index contributed by atoms with van der Waals surface area (Å²) >= 11 is 7.41. The van der Waals surface area contributed by atoms with E-state index in [4.69, 9.17) is 0 Å². The van der Waals surface area contributed by atoms with Crippen LogP contribution in [0.5, 0.6) is 0 Å². The molecule has 0 heterocycles. The summed E-state index contributed by atoms with van der Waals surface area (Å²) in [6.07, 6.45) is 5.46. The van der Waals surface area contributed by atoms with Crippen LogP contribution in [-0.2, 0) is 4.79 Å². The molecule has 23 heavy (non-hydrogen) atoms. The Morgan fingerprint density at radius 1 is 0.696 bits per heavy atom. The van der Waals surface area contributed by atoms with E-state index in [1.807, 2.05) is 47.0 Å². The van der Waals surface area contributed by atoms with E-state index in [1.165, 1.54) is 14.9 Å². The van der Waals surface area contributed by atoms with E-state index in [2.05, 4.69) is 27.7 Å². The SMILES string of the molecule is CCSC(SCC)=C1CCCCCC(=C(SCC)SCC)C1=O. The number of thioether (sulfide) groups is 4. The van der Waals surface area contributed by atoms with Crippen molar-refractivity contribution in [1.82, 2.24) is 0 Å². The summed E-state index contributed by atoms with van der Waals surface area (Å²) < 4.78 is 2.56. The fourth-order valence-corrected chi connectivity index (χ4v) is 7.14. The van der Waals surface area contributed by atoms with Crippen LogP contribution in [0.4, 0.5) is 0 Å². The number of hydrogen-bond acceptors (Lipinski definition) is 5. The van der Waals surface area contributed by atoms with Gasteiger partial charge in [0.2, 0.25) is 0 Å². The minimum absolute atomic E-state index is 0.346. The number of rotatable bonds is 8. The van der Waals surface area contributed by atoms with Gasteiger partial charge < -0.3 is 0 Å². The molecule has 0 saturated heterocycles. The molecule has 0 bridgehead atoms. The molecule has 1 nitrogen and oxygen atoms in total. The number of Topliss-reactive ketones (excluding diaryl/α,β-unsaturated/α-hetero) is 1. The predicted octanol–water partition coefficient (Wildman–Crippen LogP) is 6.96. The van der Waals surface area contributed by atoms with Gasteiger partial charge in [0.25, 0.3) is 0 Å². The molecular formula is C18H30OS4. The van der Waals surface area contributed by atoms with Crippen molar-refractivity contribution in [2.24, 2.45) is 0 Å². The number of allylic oxidation sites excluding steroid dienone is 2. The Hall–Kier alpha value is 0.550. The topological polar surface area (TPSA) is 17.1 Å². The number of carbonyl (C=O) groups excluding carboxylic acids is 1. The zero-order chi connectivity index (χ0) is 17.1. The van der Waals surface area contributed by atoms with Gasteiger partial charge in [-0.05, 0) is 48.7 Å². The summed E-state index contributed by atoms with van der Waals surface area (Å²) in [7, 11) is 0. The minimum atomic E-state index is 0.346. The highest BCUT2D eigenvalue weighted by molar-refractivity contribution is 8.22. The molecule has 0 aromatic rings. The Kier molecular flexibility index (Phi) is 12.1. The summed E-state index contributed by atoms with van der Waals surface area (Å²) in [6, 6.07) is 0. The van der Waals surface area contributed by atoms with Crippen molar-refractivity contribution < 1.29 is 4.79 Å². The average Bonchev–Trinajstić information content (AvgIpc) is 2.52. The maximum absolute atomic E-state index is 13.3. The lowest BCUT2D eigenvalue weighted by Gasteiger charge is -2.20. The largest absolute Gasteiger partial charge is 0.289 e. The Balaban J connectivity index is 3.26. The molecule has 0 atom stereocenters. The first-order valence-electron chi connectivity index (χ1n) is 8.71. The van der Waals surface area contributed by atoms with Crippen LogP contribution < -0.4 is 0 Å². The van der Waals surface area contributed by atoms with Gasteiger partial charge in [-0.1, -0.05) is 34.1 Å². The van der Waals surface area contributed by atoms with E-state index in [-0.39, 0.29) is 0 Å². The molecule has 0 aromatic heterocycles. The lowest BCUT2D eigenvalue weighted by Crippen LogP contribution is -2.12. The first-order chi connectivity index (χ1) is 11.2. The first kappa shape index (κ1) is 21.6. The molecular weight excluding hydrogens is 360 g/mol. The quantitative estimate of drug-likeness (QED) is 0.415. The summed E-state index contributed by atoms with van der Waals surface area (Å²) in [5.74, 6) is 4.51. The van der Waals surface area contributed by atoms with E-state index >= 15 is 0 Å². The summed E-state index contributed by atoms with van der Waals surface area (Å²) in [4.78, 5) is 13.3. The minimum Gasteiger partial charge on any atom is -0.289 e. The molecule has 0 aromatic carbocycles. The molecule has 0 unspecified atom stereocenters. The Morgan fingerprint density at radius 3 is 1.35 bits per heavy atom. The van der Waals surface area contributed by atoms with E-state index in [9.17, 15) is 4.79 Å². The van der Waals surface area contributed by atoms with Gasteiger partial charge in [0.1, 0.15) is 0 Å². The summed E-state index contributed by atoms with van der Waals surface area (Å²) in [6.45, 7) is 8.71. The molecule has 0 spiro atoms. The van der Waals surface area contributed by atoms with Crippen molar-refractivity contribution >= 4 is 52.8 Å². The monoisotopic (exact) mass is 390 g/mol. The van der Waals surface area contributed by atoms with Crippen LogP contribution >= 0.6 is 47.0 Å². The van der Waals surface area contributed by atoms with Crippen LogP contribution in [0.1, 0.15) is 59.8 Å². The molecule has 0 aliphatic heterocycles. The third kappa shape index (κ3) is 7.13. The van der Waals surface area contributed by atoms with Gasteiger partial charge in [0.15, 0.2) is 5.78 Å². The molecule has 1 aliphatic carbocycles. The fourth-order valence-electron chi connectivity index (χ4n) is 2.54. The summed E-state index contributed by atoms with van der Waals surface area (Å²) in [5.41, 5.74) is 2.20. The fraction of sp³-hybridized carbons (Fsp3) is 0.722. The molecule has 0 radical (unpaired) electrons. The number of ketones is 1. The number of carbonyl (C=O) groups is 1. The van der Waals surface area contributed by atoms with Gasteiger partial charge in [-0.3, -0.25) is 4.79 Å². The molecule has 1 saturated carbocycles. The van der Waals surface area contributed by atoms with Crippen LogP contribution in [0.15, 0.2) is 19.6 Å². The van der Waals surface area contributed by atoms with Crippen molar-refractivity contribution in [2.45, 2.75) is 59.8 Å². The zero-order valence-electron chi connectivity index (χ0n) is 14.9. The maximum atomic E-state index is 13.3. The standard InChI is InChI=1S/C18H30OS4/c1-5-20-17(21-6-2)14-12-10-9-11-13-15(16(14)19)18(22-7-3)23-8-4/h5-13H2,1-4H3. The molecule has 132 valence electrons. The average molecular weight is 391 g/mol. The highest BCUT2D eigenvalue weighted by Gasteiger charge is 2.24. The highest BCUT2D eigenvalue weighted by atomic mass is 32.2. The van der Waals surface area contributed by atoms with Gasteiger partial charge in [0.05, 0.1) is 0 Å². The normalized spacial score (nSPS) is 16.3. The lowest BCUT2D eigenvalue weighted by molar-refractivity contribution is -0.112. The molecule has 1 fully saturated rings. The van der Waals surface area contributed by atoms with Crippen molar-refractivity contribution in [3.63, 3.8) is 0 Å². The molecule has 1 aliphatic rings. The Bertz CT molecular complexity index is 386. The van der Waals surface area contributed by atoms with E-state index < -0.39 is 0 Å². The molecule has 1 rings (SSSR count). The van der Waals surface area contributed by atoms with E-state index in [1.54, 1.807) is 0 Å². The zero-order valence-corrected chi connectivity index (χ0v) is 18.2. The summed E-state index contributed by atoms with van der Waals surface area (Å²) in [5, 5.41) is 0. The van der Waals surface area contributed by atoms with E-state index in [0.29, 0.717) is 5.78 Å². The van der Waals surface area contributed by atoms with Gasteiger partial charge in [-0.25, -0.2) is 0 Å². The van der Waals surface area contributed by atoms with Gasteiger partial charge in [-0.2, -0.15) is 0 Å². The second-order valence-electron chi connectivity index (χ2n) is 5.15. The maximum Gasteiger partial charge on any atom is 0.188 e. The molecule has 0 N–H and O–H groups in total.